The smallest absolute Gasteiger partial charge is 0 e. The first kappa shape index (κ1) is 26.1. The number of hydrogen-bond acceptors (Lipinski definition) is 0. The maximum Gasteiger partial charge on any atom is 0 e. The summed E-state index contributed by atoms with van der Waals surface area (Å²) in [6.45, 7) is 0. The summed E-state index contributed by atoms with van der Waals surface area (Å²) in [5, 5.41) is 0. The van der Waals surface area contributed by atoms with E-state index in [9.17, 15) is 0 Å². The van der Waals surface area contributed by atoms with Crippen LogP contribution >= 0.6 is 0 Å². The summed E-state index contributed by atoms with van der Waals surface area (Å²) in [5.74, 6) is 0. The number of hydrogen-bond donors (Lipinski definition) is 0. The van der Waals surface area contributed by atoms with Crippen LogP contribution in [-0.2, 0) is 0 Å². The predicted molar refractivity (Wildman–Crippen MR) is 23.0 cm³/mol. The minimum atomic E-state index is 0. The second-order valence-corrected chi connectivity index (χ2v) is 0. The third-order valence-corrected chi connectivity index (χ3v) is 0. The molecule has 4 heteroatoms. The second-order valence-electron chi connectivity index (χ2n) is 0. The van der Waals surface area contributed by atoms with Crippen molar-refractivity contribution >= 4 is 102 Å². The summed E-state index contributed by atoms with van der Waals surface area (Å²) in [6, 6.07) is 0. The van der Waals surface area contributed by atoms with Crippen molar-refractivity contribution in [3.8, 4) is 0 Å². The molecule has 0 fully saturated rings. The van der Waals surface area contributed by atoms with E-state index in [-0.39, 0.29) is 102 Å². The Morgan fingerprint density at radius 3 is 1.00 bits per heavy atom. The molecular weight excluding hydrogens is 657 g/mol. The molecule has 0 unspecified atom stereocenters. The molecular formula is BiPbSbSn. The van der Waals surface area contributed by atoms with E-state index in [0.717, 1.165) is 0 Å². The van der Waals surface area contributed by atoms with Crippen LogP contribution in [0.3, 0.4) is 0 Å². The Labute approximate surface area is 99.5 Å². The van der Waals surface area contributed by atoms with Crippen molar-refractivity contribution in [1.29, 1.82) is 0 Å². The van der Waals surface area contributed by atoms with Crippen molar-refractivity contribution in [2.24, 2.45) is 0 Å². The third-order valence-electron chi connectivity index (χ3n) is 0. The van der Waals surface area contributed by atoms with Crippen LogP contribution in [0.5, 0.6) is 0 Å². The minimum absolute atomic E-state index is 0. The van der Waals surface area contributed by atoms with Crippen LogP contribution in [-0.4, -0.2) is 102 Å². The standard InChI is InChI=1S/Bi.Pb.Sb.Sn. The van der Waals surface area contributed by atoms with Gasteiger partial charge in [-0.3, -0.25) is 0 Å². The van der Waals surface area contributed by atoms with Crippen LogP contribution in [0.4, 0.5) is 0 Å². The molecule has 0 rings (SSSR count). The molecule has 0 N–H and O–H groups in total. The molecule has 0 spiro atoms. The molecule has 0 aliphatic carbocycles. The molecule has 0 heterocycles. The van der Waals surface area contributed by atoms with Crippen LogP contribution in [0.2, 0.25) is 0 Å². The fourth-order valence-corrected chi connectivity index (χ4v) is 0. The van der Waals surface area contributed by atoms with Crippen LogP contribution in [0.15, 0.2) is 0 Å². The van der Waals surface area contributed by atoms with Crippen LogP contribution in [0, 0.1) is 0 Å². The molecule has 0 amide bonds. The van der Waals surface area contributed by atoms with Crippen LogP contribution < -0.4 is 0 Å². The zero-order valence-corrected chi connectivity index (χ0v) is 14.7. The SMILES string of the molecule is [Bi].[Pb].[Sb].[Sn]. The first-order valence-corrected chi connectivity index (χ1v) is 0. The molecule has 0 aromatic carbocycles. The van der Waals surface area contributed by atoms with E-state index in [4.69, 9.17) is 0 Å². The van der Waals surface area contributed by atoms with Gasteiger partial charge in [-0.25, -0.2) is 0 Å². The van der Waals surface area contributed by atoms with Gasteiger partial charge in [0.25, 0.3) is 0 Å². The van der Waals surface area contributed by atoms with Gasteiger partial charge < -0.3 is 0 Å². The van der Waals surface area contributed by atoms with Crippen molar-refractivity contribution < 1.29 is 0 Å². The van der Waals surface area contributed by atoms with Crippen molar-refractivity contribution in [3.63, 3.8) is 0 Å². The van der Waals surface area contributed by atoms with Crippen molar-refractivity contribution in [1.82, 2.24) is 0 Å². The Kier molecular flexibility index (Phi) is 105. The topological polar surface area (TPSA) is 0 Å². The first-order valence-electron chi connectivity index (χ1n) is 0. The molecule has 0 aliphatic rings. The molecule has 0 saturated carbocycles. The maximum atomic E-state index is 0. The molecule has 0 aromatic rings. The summed E-state index contributed by atoms with van der Waals surface area (Å²) in [7, 11) is 0. The van der Waals surface area contributed by atoms with E-state index in [1.165, 1.54) is 0 Å². The Hall–Kier alpha value is 3.42. The van der Waals surface area contributed by atoms with Gasteiger partial charge in [-0.1, -0.05) is 0 Å². The van der Waals surface area contributed by atoms with E-state index >= 15 is 0 Å². The van der Waals surface area contributed by atoms with Crippen molar-refractivity contribution in [3.05, 3.63) is 0 Å². The molecule has 0 nitrogen and oxygen atoms in total. The fourth-order valence-electron chi connectivity index (χ4n) is 0. The fraction of sp³-hybridized carbons (Fsp3) is 0. The molecule has 0 saturated heterocycles. The Morgan fingerprint density at radius 2 is 1.00 bits per heavy atom. The molecule has 4 heavy (non-hydrogen) atoms. The summed E-state index contributed by atoms with van der Waals surface area (Å²) in [6.07, 6.45) is 0. The average Bonchev–Trinajstić information content (AvgIpc) is 0. The molecule has 0 aromatic heterocycles. The van der Waals surface area contributed by atoms with Crippen LogP contribution in [0.25, 0.3) is 0 Å². The third kappa shape index (κ3) is 9.05. The van der Waals surface area contributed by atoms with Gasteiger partial charge in [0.15, 0.2) is 0 Å². The largest absolute Gasteiger partial charge is 0 e. The Morgan fingerprint density at radius 1 is 1.00 bits per heavy atom. The maximum absolute atomic E-state index is 0. The summed E-state index contributed by atoms with van der Waals surface area (Å²) < 4.78 is 0. The minimum Gasteiger partial charge on any atom is 0 e. The van der Waals surface area contributed by atoms with Gasteiger partial charge in [0, 0.05) is 102 Å². The van der Waals surface area contributed by atoms with E-state index < -0.39 is 0 Å². The molecule has 18 valence electrons. The quantitative estimate of drug-likeness (QED) is 0.278. The summed E-state index contributed by atoms with van der Waals surface area (Å²) in [5.41, 5.74) is 0. The van der Waals surface area contributed by atoms with Gasteiger partial charge in [-0.15, -0.1) is 0 Å². The Balaban J connectivity index is 0. The van der Waals surface area contributed by atoms with Crippen LogP contribution in [0.1, 0.15) is 0 Å². The van der Waals surface area contributed by atoms with Gasteiger partial charge in [-0.05, 0) is 0 Å². The summed E-state index contributed by atoms with van der Waals surface area (Å²) in [4.78, 5) is 0. The monoisotopic (exact) mass is 658 g/mol. The van der Waals surface area contributed by atoms with Gasteiger partial charge in [0.2, 0.25) is 0 Å². The molecule has 0 atom stereocenters. The van der Waals surface area contributed by atoms with Gasteiger partial charge in [-0.2, -0.15) is 0 Å². The molecule has 0 aliphatic heterocycles. The number of rotatable bonds is 0. The molecule has 0 bridgehead atoms. The van der Waals surface area contributed by atoms with Gasteiger partial charge in [0.1, 0.15) is 0 Å². The second kappa shape index (κ2) is 16.1. The normalized spacial score (nSPS) is 0. The van der Waals surface area contributed by atoms with Gasteiger partial charge >= 0.3 is 0 Å². The van der Waals surface area contributed by atoms with Gasteiger partial charge in [0.05, 0.1) is 0 Å². The average molecular weight is 657 g/mol. The van der Waals surface area contributed by atoms with Crippen molar-refractivity contribution in [2.45, 2.75) is 0 Å². The Bertz CT molecular complexity index is 8.00. The van der Waals surface area contributed by atoms with E-state index in [1.54, 1.807) is 0 Å². The van der Waals surface area contributed by atoms with E-state index in [0.29, 0.717) is 0 Å². The zero-order chi connectivity index (χ0) is 0. The van der Waals surface area contributed by atoms with Crippen molar-refractivity contribution in [2.75, 3.05) is 0 Å². The predicted octanol–water partition coefficient (Wildman–Crippen LogP) is -1.52. The van der Waals surface area contributed by atoms with E-state index in [2.05, 4.69) is 0 Å². The first-order chi connectivity index (χ1) is 0. The summed E-state index contributed by atoms with van der Waals surface area (Å²) >= 11 is 0. The molecule has 14 radical (unpaired) electrons. The van der Waals surface area contributed by atoms with E-state index in [1.807, 2.05) is 0 Å². The zero-order valence-electron chi connectivity index (χ0n) is 1.89.